The Morgan fingerprint density at radius 1 is 1.19 bits per heavy atom. The summed E-state index contributed by atoms with van der Waals surface area (Å²) in [5.74, 6) is 1.13. The van der Waals surface area contributed by atoms with Gasteiger partial charge in [0.05, 0.1) is 6.33 Å². The van der Waals surface area contributed by atoms with Crippen molar-refractivity contribution in [3.8, 4) is 0 Å². The molecule has 1 aromatic carbocycles. The van der Waals surface area contributed by atoms with Crippen LogP contribution in [0.5, 0.6) is 0 Å². The van der Waals surface area contributed by atoms with E-state index in [-0.39, 0.29) is 12.1 Å². The number of aromatic nitrogens is 4. The zero-order chi connectivity index (χ0) is 19.6. The molecule has 0 aliphatic carbocycles. The summed E-state index contributed by atoms with van der Waals surface area (Å²) in [6, 6.07) is 5.61. The number of benzene rings is 1. The summed E-state index contributed by atoms with van der Waals surface area (Å²) in [5, 5.41) is 7.13. The molecule has 0 saturated carbocycles. The van der Waals surface area contributed by atoms with Gasteiger partial charge in [-0.2, -0.15) is 9.97 Å². The molecule has 0 amide bonds. The van der Waals surface area contributed by atoms with Gasteiger partial charge in [0, 0.05) is 35.9 Å². The second-order valence-electron chi connectivity index (χ2n) is 6.87. The van der Waals surface area contributed by atoms with Crippen LogP contribution in [0, 0.1) is 0 Å². The van der Waals surface area contributed by atoms with Crippen LogP contribution in [-0.2, 0) is 6.54 Å². The number of nitrogens with two attached hydrogens (primary N) is 2. The third-order valence-electron chi connectivity index (χ3n) is 4.11. The highest BCUT2D eigenvalue weighted by molar-refractivity contribution is 6.30. The first-order valence-corrected chi connectivity index (χ1v) is 9.24. The molecule has 8 nitrogen and oxygen atoms in total. The smallest absolute Gasteiger partial charge is 0.226 e. The average Bonchev–Trinajstić information content (AvgIpc) is 3.04. The van der Waals surface area contributed by atoms with Gasteiger partial charge in [-0.05, 0) is 44.5 Å². The summed E-state index contributed by atoms with van der Waals surface area (Å²) in [7, 11) is 0. The van der Waals surface area contributed by atoms with Crippen molar-refractivity contribution < 1.29 is 0 Å². The minimum atomic E-state index is -0.0121. The Hall–Kier alpha value is -2.58. The molecule has 2 aromatic heterocycles. The van der Waals surface area contributed by atoms with E-state index in [1.807, 2.05) is 17.6 Å². The molecule has 3 aromatic rings. The van der Waals surface area contributed by atoms with E-state index in [2.05, 4.69) is 39.4 Å². The third-order valence-corrected chi connectivity index (χ3v) is 4.35. The number of hydrogen-bond donors (Lipinski definition) is 4. The maximum absolute atomic E-state index is 6.08. The second-order valence-corrected chi connectivity index (χ2v) is 7.30. The molecule has 9 heteroatoms. The zero-order valence-corrected chi connectivity index (χ0v) is 16.5. The number of nitrogen functional groups attached to an aromatic ring is 1. The quantitative estimate of drug-likeness (QED) is 0.459. The Morgan fingerprint density at radius 2 is 1.96 bits per heavy atom. The van der Waals surface area contributed by atoms with Crippen LogP contribution in [0.1, 0.15) is 32.4 Å². The van der Waals surface area contributed by atoms with Crippen LogP contribution >= 0.6 is 11.6 Å². The monoisotopic (exact) mass is 388 g/mol. The topological polar surface area (TPSA) is 120 Å². The summed E-state index contributed by atoms with van der Waals surface area (Å²) >= 11 is 6.08. The number of nitrogens with zero attached hydrogens (tertiary/aromatic N) is 4. The normalized spacial score (nSPS) is 12.5. The van der Waals surface area contributed by atoms with Gasteiger partial charge in [0.15, 0.2) is 17.0 Å². The molecule has 1 unspecified atom stereocenters. The highest BCUT2D eigenvalue weighted by Gasteiger charge is 2.15. The van der Waals surface area contributed by atoms with E-state index >= 15 is 0 Å². The van der Waals surface area contributed by atoms with Crippen molar-refractivity contribution in [2.45, 2.75) is 39.4 Å². The number of imidazole rings is 1. The maximum atomic E-state index is 6.08. The molecule has 6 N–H and O–H groups in total. The van der Waals surface area contributed by atoms with E-state index in [0.717, 1.165) is 11.2 Å². The Morgan fingerprint density at radius 3 is 2.67 bits per heavy atom. The Balaban J connectivity index is 1.95. The molecule has 27 heavy (non-hydrogen) atoms. The first-order chi connectivity index (χ1) is 12.8. The van der Waals surface area contributed by atoms with E-state index in [4.69, 9.17) is 23.1 Å². The van der Waals surface area contributed by atoms with Gasteiger partial charge in [-0.15, -0.1) is 0 Å². The summed E-state index contributed by atoms with van der Waals surface area (Å²) in [4.78, 5) is 13.7. The van der Waals surface area contributed by atoms with Gasteiger partial charge in [-0.1, -0.05) is 11.6 Å². The van der Waals surface area contributed by atoms with Crippen LogP contribution in [0.4, 0.5) is 17.5 Å². The minimum Gasteiger partial charge on any atom is -0.398 e. The zero-order valence-electron chi connectivity index (χ0n) is 15.7. The number of halogens is 1. The maximum Gasteiger partial charge on any atom is 0.226 e. The highest BCUT2D eigenvalue weighted by atomic mass is 35.5. The highest BCUT2D eigenvalue weighted by Crippen LogP contribution is 2.25. The van der Waals surface area contributed by atoms with Crippen LogP contribution in [-0.4, -0.2) is 32.1 Å². The van der Waals surface area contributed by atoms with Crippen LogP contribution in [0.15, 0.2) is 24.5 Å². The van der Waals surface area contributed by atoms with Crippen molar-refractivity contribution >= 4 is 40.2 Å². The van der Waals surface area contributed by atoms with Crippen LogP contribution in [0.3, 0.4) is 0 Å². The van der Waals surface area contributed by atoms with Crippen molar-refractivity contribution in [3.63, 3.8) is 0 Å². The second kappa shape index (κ2) is 7.98. The predicted molar refractivity (Wildman–Crippen MR) is 111 cm³/mol. The number of hydrogen-bond acceptors (Lipinski definition) is 7. The SMILES string of the molecule is CC(N)CNc1nc(NCc2cc(Cl)ccc2N)c2ncn(C(C)C)c2n1. The molecule has 144 valence electrons. The first kappa shape index (κ1) is 19.2. The molecule has 0 radical (unpaired) electrons. The van der Waals surface area contributed by atoms with Crippen molar-refractivity contribution in [2.24, 2.45) is 5.73 Å². The van der Waals surface area contributed by atoms with Gasteiger partial charge >= 0.3 is 0 Å². The lowest BCUT2D eigenvalue weighted by molar-refractivity contribution is 0.612. The fourth-order valence-electron chi connectivity index (χ4n) is 2.66. The summed E-state index contributed by atoms with van der Waals surface area (Å²) in [6.07, 6.45) is 1.78. The summed E-state index contributed by atoms with van der Waals surface area (Å²) in [5.41, 5.74) is 14.9. The van der Waals surface area contributed by atoms with Crippen LogP contribution in [0.25, 0.3) is 11.2 Å². The molecule has 0 bridgehead atoms. The standard InChI is InChI=1S/C18H25ClN8/c1-10(2)27-9-24-15-16(22-8-12-6-13(19)4-5-14(12)21)25-18(26-17(15)27)23-7-11(3)20/h4-6,9-11H,7-8,20-21H2,1-3H3,(H2,22,23,25,26). The van der Waals surface area contributed by atoms with Crippen molar-refractivity contribution in [2.75, 3.05) is 22.9 Å². The molecule has 0 aliphatic heterocycles. The van der Waals surface area contributed by atoms with Crippen molar-refractivity contribution in [1.82, 2.24) is 19.5 Å². The third kappa shape index (κ3) is 4.40. The summed E-state index contributed by atoms with van der Waals surface area (Å²) in [6.45, 7) is 7.13. The lowest BCUT2D eigenvalue weighted by Crippen LogP contribution is -2.26. The van der Waals surface area contributed by atoms with E-state index in [1.165, 1.54) is 0 Å². The molecule has 2 heterocycles. The molecular weight excluding hydrogens is 364 g/mol. The van der Waals surface area contributed by atoms with Gasteiger partial charge in [0.25, 0.3) is 0 Å². The molecule has 3 rings (SSSR count). The van der Waals surface area contributed by atoms with Gasteiger partial charge in [0.1, 0.15) is 0 Å². The number of fused-ring (bicyclic) bond motifs is 1. The molecule has 0 fully saturated rings. The van der Waals surface area contributed by atoms with E-state index in [1.54, 1.807) is 18.5 Å². The molecule has 1 atom stereocenters. The lowest BCUT2D eigenvalue weighted by atomic mass is 10.2. The Bertz CT molecular complexity index is 935. The molecule has 0 saturated heterocycles. The van der Waals surface area contributed by atoms with Crippen molar-refractivity contribution in [1.29, 1.82) is 0 Å². The number of anilines is 3. The largest absolute Gasteiger partial charge is 0.398 e. The fourth-order valence-corrected chi connectivity index (χ4v) is 2.85. The Kier molecular flexibility index (Phi) is 5.67. The molecule has 0 aliphatic rings. The first-order valence-electron chi connectivity index (χ1n) is 8.87. The fraction of sp³-hybridized carbons (Fsp3) is 0.389. The van der Waals surface area contributed by atoms with Crippen LogP contribution in [0.2, 0.25) is 5.02 Å². The van der Waals surface area contributed by atoms with Crippen LogP contribution < -0.4 is 22.1 Å². The minimum absolute atomic E-state index is 0.0121. The lowest BCUT2D eigenvalue weighted by Gasteiger charge is -2.13. The van der Waals surface area contributed by atoms with E-state index in [9.17, 15) is 0 Å². The molecule has 0 spiro atoms. The van der Waals surface area contributed by atoms with E-state index < -0.39 is 0 Å². The van der Waals surface area contributed by atoms with Gasteiger partial charge in [-0.25, -0.2) is 4.98 Å². The number of rotatable bonds is 7. The molecular formula is C18H25ClN8. The van der Waals surface area contributed by atoms with Gasteiger partial charge in [-0.3, -0.25) is 0 Å². The number of nitrogens with one attached hydrogen (secondary N) is 2. The summed E-state index contributed by atoms with van der Waals surface area (Å²) < 4.78 is 2.01. The Labute approximate surface area is 163 Å². The average molecular weight is 389 g/mol. The van der Waals surface area contributed by atoms with Gasteiger partial charge < -0.3 is 26.7 Å². The van der Waals surface area contributed by atoms with Crippen molar-refractivity contribution in [3.05, 3.63) is 35.1 Å². The van der Waals surface area contributed by atoms with E-state index in [0.29, 0.717) is 41.1 Å². The van der Waals surface area contributed by atoms with Gasteiger partial charge in [0.2, 0.25) is 5.95 Å². The predicted octanol–water partition coefficient (Wildman–Crippen LogP) is 3.01.